The van der Waals surface area contributed by atoms with Crippen LogP contribution < -0.4 is 17.2 Å². The molecule has 0 aliphatic heterocycles. The number of ketones is 1. The summed E-state index contributed by atoms with van der Waals surface area (Å²) in [6.45, 7) is 0. The molecule has 0 radical (unpaired) electrons. The van der Waals surface area contributed by atoms with Crippen molar-refractivity contribution >= 4 is 27.6 Å². The first-order valence-electron chi connectivity index (χ1n) is 18.1. The van der Waals surface area contributed by atoms with Crippen molar-refractivity contribution in [2.75, 3.05) is 0 Å². The number of hydrogen-bond donors (Lipinski definition) is 1. The van der Waals surface area contributed by atoms with Crippen LogP contribution in [0.1, 0.15) is 37.7 Å². The first-order valence-corrected chi connectivity index (χ1v) is 18.9. The molecule has 0 fully saturated rings. The molecule has 348 valence electrons. The minimum Gasteiger partial charge on any atom is -0.386 e. The predicted molar refractivity (Wildman–Crippen MR) is 211 cm³/mol. The van der Waals surface area contributed by atoms with Crippen molar-refractivity contribution in [2.45, 2.75) is 18.8 Å². The molecule has 28 heteroatoms. The minimum atomic E-state index is -4.83. The van der Waals surface area contributed by atoms with E-state index in [0.717, 1.165) is 64.1 Å². The fraction of sp³-hybridized carbons (Fsp3) is 0.128. The third kappa shape index (κ3) is 11.1. The van der Waals surface area contributed by atoms with Gasteiger partial charge in [0.1, 0.15) is 28.8 Å². The Morgan fingerprint density at radius 3 is 1.37 bits per heavy atom. The van der Waals surface area contributed by atoms with E-state index in [0.29, 0.717) is 19.9 Å². The number of nitrogens with two attached hydrogens (primary N) is 1. The zero-order valence-corrected chi connectivity index (χ0v) is 35.0. The molecule has 2 aromatic carbocycles. The van der Waals surface area contributed by atoms with Crippen molar-refractivity contribution in [3.05, 3.63) is 162 Å². The maximum absolute atomic E-state index is 13.8. The molecular formula is C39H24BrF10N11O6. The van der Waals surface area contributed by atoms with Crippen molar-refractivity contribution in [1.29, 1.82) is 0 Å². The van der Waals surface area contributed by atoms with Crippen LogP contribution in [-0.2, 0) is 32.9 Å². The van der Waals surface area contributed by atoms with E-state index >= 15 is 0 Å². The Morgan fingerprint density at radius 1 is 0.627 bits per heavy atom. The molecule has 8 rings (SSSR count). The van der Waals surface area contributed by atoms with Crippen LogP contribution in [0.15, 0.2) is 108 Å². The van der Waals surface area contributed by atoms with Gasteiger partial charge in [0.2, 0.25) is 0 Å². The quantitative estimate of drug-likeness (QED) is 0.123. The molecule has 1 amide bonds. The average Bonchev–Trinajstić information content (AvgIpc) is 4.04. The molecule has 2 N–H and O–H groups in total. The SMILES string of the molecule is Cn1nc(-c2cc(C(F)(F)F)n(-c3ccc(Br)cn3)n2)oc1=O.Cn1nc(-c2cc(C(F)(F)F)n(-c3ccc(CC(=O)c4c(F)cccc4F)cn3)n2)oc1=O.NC(=O)c1c(F)cccc1F. The zero-order chi connectivity index (χ0) is 49.1. The Labute approximate surface area is 373 Å². The van der Waals surface area contributed by atoms with E-state index in [4.69, 9.17) is 14.6 Å². The fourth-order valence-corrected chi connectivity index (χ4v) is 5.77. The van der Waals surface area contributed by atoms with E-state index in [2.05, 4.69) is 46.3 Å². The summed E-state index contributed by atoms with van der Waals surface area (Å²) < 4.78 is 146. The van der Waals surface area contributed by atoms with E-state index < -0.39 is 93.7 Å². The molecule has 0 saturated heterocycles. The third-order valence-corrected chi connectivity index (χ3v) is 9.06. The second-order valence-corrected chi connectivity index (χ2v) is 14.2. The van der Waals surface area contributed by atoms with Gasteiger partial charge in [0.25, 0.3) is 17.7 Å². The molecule has 8 aromatic rings. The van der Waals surface area contributed by atoms with Crippen molar-refractivity contribution in [2.24, 2.45) is 19.8 Å². The number of amides is 1. The van der Waals surface area contributed by atoms with Crippen molar-refractivity contribution in [3.63, 3.8) is 0 Å². The van der Waals surface area contributed by atoms with Crippen LogP contribution in [0.25, 0.3) is 34.8 Å². The molecule has 17 nitrogen and oxygen atoms in total. The summed E-state index contributed by atoms with van der Waals surface area (Å²) in [6, 6.07) is 12.8. The average molecular weight is 1010 g/mol. The van der Waals surface area contributed by atoms with E-state index in [1.165, 1.54) is 38.5 Å². The highest BCUT2D eigenvalue weighted by Gasteiger charge is 2.39. The van der Waals surface area contributed by atoms with Crippen LogP contribution in [0, 0.1) is 23.3 Å². The predicted octanol–water partition coefficient (Wildman–Crippen LogP) is 6.81. The zero-order valence-electron chi connectivity index (χ0n) is 33.4. The van der Waals surface area contributed by atoms with Gasteiger partial charge in [-0.3, -0.25) is 9.59 Å². The molecular weight excluding hydrogens is 988 g/mol. The van der Waals surface area contributed by atoms with Crippen molar-refractivity contribution in [1.82, 2.24) is 49.1 Å². The van der Waals surface area contributed by atoms with Gasteiger partial charge < -0.3 is 14.6 Å². The maximum atomic E-state index is 13.8. The number of aromatic nitrogens is 10. The summed E-state index contributed by atoms with van der Waals surface area (Å²) >= 11 is 3.15. The standard InChI is InChI=1S/C20H12F5N5O3.C12H7BrF3N5O2.C7H5F2NO/c1-29-19(32)33-18(28-29)13-8-15(20(23,24)25)30(27-13)16-6-5-10(9-26-16)7-14(31)17-11(21)3-2-4-12(17)22;1-20-11(22)23-10(19-20)7-4-8(12(14,15)16)21(18-7)9-3-2-6(13)5-17-9;8-4-2-1-3-5(9)6(4)7(10)11/h2-6,8-9H,7H2,1H3;2-5H,1H3;1-3H,(H2,10,11). The molecule has 6 heterocycles. The van der Waals surface area contributed by atoms with E-state index in [1.807, 2.05) is 0 Å². The van der Waals surface area contributed by atoms with Crippen LogP contribution in [0.2, 0.25) is 0 Å². The number of Topliss-reactive ketones (excluding diaryl/α,β-unsaturated/α-hetero) is 1. The number of benzene rings is 2. The smallest absolute Gasteiger partial charge is 0.386 e. The number of pyridine rings is 2. The van der Waals surface area contributed by atoms with Crippen molar-refractivity contribution in [3.8, 4) is 34.8 Å². The first-order chi connectivity index (χ1) is 31.4. The number of hydrogen-bond acceptors (Lipinski definition) is 12. The molecule has 0 bridgehead atoms. The number of halogens is 11. The van der Waals surface area contributed by atoms with Gasteiger partial charge in [-0.05, 0) is 64.0 Å². The van der Waals surface area contributed by atoms with E-state index in [9.17, 15) is 63.1 Å². The molecule has 0 unspecified atom stereocenters. The highest BCUT2D eigenvalue weighted by Crippen LogP contribution is 2.35. The van der Waals surface area contributed by atoms with Gasteiger partial charge in [-0.25, -0.2) is 46.5 Å². The summed E-state index contributed by atoms with van der Waals surface area (Å²) in [6.07, 6.45) is -7.50. The summed E-state index contributed by atoms with van der Waals surface area (Å²) in [4.78, 5) is 53.1. The Bertz CT molecular complexity index is 3190. The van der Waals surface area contributed by atoms with Gasteiger partial charge in [-0.1, -0.05) is 18.2 Å². The second kappa shape index (κ2) is 19.2. The molecule has 67 heavy (non-hydrogen) atoms. The highest BCUT2D eigenvalue weighted by molar-refractivity contribution is 9.10. The normalized spacial score (nSPS) is 11.4. The molecule has 0 aliphatic carbocycles. The topological polar surface area (TPSA) is 218 Å². The Balaban J connectivity index is 0.000000188. The Hall–Kier alpha value is -8.04. The van der Waals surface area contributed by atoms with Crippen LogP contribution in [0.3, 0.4) is 0 Å². The van der Waals surface area contributed by atoms with Gasteiger partial charge in [0.15, 0.2) is 40.2 Å². The molecule has 0 saturated carbocycles. The summed E-state index contributed by atoms with van der Waals surface area (Å²) in [7, 11) is 2.57. The third-order valence-electron chi connectivity index (χ3n) is 8.59. The number of carbonyl (C=O) groups is 2. The van der Waals surface area contributed by atoms with Gasteiger partial charge in [0.05, 0.1) is 5.56 Å². The molecule has 0 atom stereocenters. The van der Waals surface area contributed by atoms with Gasteiger partial charge >= 0.3 is 23.9 Å². The lowest BCUT2D eigenvalue weighted by Crippen LogP contribution is -2.15. The number of aryl methyl sites for hydroxylation is 2. The number of alkyl halides is 6. The van der Waals surface area contributed by atoms with Crippen molar-refractivity contribution < 1.29 is 62.3 Å². The fourth-order valence-electron chi connectivity index (χ4n) is 5.53. The Kier molecular flexibility index (Phi) is 13.9. The van der Waals surface area contributed by atoms with E-state index in [1.54, 1.807) is 0 Å². The number of primary amides is 1. The lowest BCUT2D eigenvalue weighted by atomic mass is 10.0. The van der Waals surface area contributed by atoms with Crippen LogP contribution in [0.5, 0.6) is 0 Å². The lowest BCUT2D eigenvalue weighted by molar-refractivity contribution is -0.143. The Morgan fingerprint density at radius 2 is 1.04 bits per heavy atom. The second-order valence-electron chi connectivity index (χ2n) is 13.3. The summed E-state index contributed by atoms with van der Waals surface area (Å²) in [5.74, 6) is -8.58. The van der Waals surface area contributed by atoms with E-state index in [-0.39, 0.29) is 34.5 Å². The monoisotopic (exact) mass is 1010 g/mol. The minimum absolute atomic E-state index is 0.0370. The van der Waals surface area contributed by atoms with Crippen LogP contribution >= 0.6 is 15.9 Å². The molecule has 0 spiro atoms. The van der Waals surface area contributed by atoms with Gasteiger partial charge in [-0.2, -0.15) is 45.9 Å². The van der Waals surface area contributed by atoms with Crippen LogP contribution in [0.4, 0.5) is 43.9 Å². The first kappa shape index (κ1) is 48.4. The highest BCUT2D eigenvalue weighted by atomic mass is 79.9. The maximum Gasteiger partial charge on any atom is 0.437 e. The lowest BCUT2D eigenvalue weighted by Gasteiger charge is -2.10. The number of nitrogens with zero attached hydrogens (tertiary/aromatic N) is 10. The van der Waals surface area contributed by atoms with Crippen LogP contribution in [-0.4, -0.2) is 60.8 Å². The summed E-state index contributed by atoms with van der Waals surface area (Å²) in [5.41, 5.74) is 0.661. The van der Waals surface area contributed by atoms with Gasteiger partial charge in [0, 0.05) is 49.5 Å². The number of carbonyl (C=O) groups excluding carboxylic acids is 2. The summed E-state index contributed by atoms with van der Waals surface area (Å²) in [5, 5.41) is 15.0. The molecule has 6 aromatic heterocycles. The number of rotatable bonds is 8. The molecule has 0 aliphatic rings. The van der Waals surface area contributed by atoms with Gasteiger partial charge in [-0.15, -0.1) is 10.2 Å². The largest absolute Gasteiger partial charge is 0.437 e.